The number of hydrogen-bond acceptors (Lipinski definition) is 27. The van der Waals surface area contributed by atoms with Crippen molar-refractivity contribution in [3.63, 3.8) is 0 Å². The third-order valence-corrected chi connectivity index (χ3v) is 21.5. The van der Waals surface area contributed by atoms with E-state index in [1.54, 1.807) is 12.4 Å². The Morgan fingerprint density at radius 2 is 0.736 bits per heavy atom. The molecule has 0 saturated carbocycles. The first kappa shape index (κ1) is 85.7. The molecular formula is C90H98N8O23. The molecule has 121 heavy (non-hydrogen) atoms. The van der Waals surface area contributed by atoms with Crippen molar-refractivity contribution in [3.8, 4) is 50.3 Å². The summed E-state index contributed by atoms with van der Waals surface area (Å²) in [6.07, 6.45) is -11.7. The predicted molar refractivity (Wildman–Crippen MR) is 445 cm³/mol. The third kappa shape index (κ3) is 21.1. The molecule has 2 aliphatic heterocycles. The van der Waals surface area contributed by atoms with Crippen molar-refractivity contribution < 1.29 is 112 Å². The van der Waals surface area contributed by atoms with Crippen LogP contribution < -0.4 is 15.4 Å². The summed E-state index contributed by atoms with van der Waals surface area (Å²) < 4.78 is 78.5. The lowest BCUT2D eigenvalue weighted by Gasteiger charge is -2.39. The van der Waals surface area contributed by atoms with Crippen molar-refractivity contribution in [1.82, 2.24) is 40.6 Å². The topological polar surface area (TPSA) is 401 Å². The number of nitrogens with zero attached hydrogens (tertiary/aromatic N) is 6. The minimum absolute atomic E-state index is 0.00651. The quantitative estimate of drug-likeness (QED) is 0.0141. The number of carbonyl (C=O) groups is 2. The maximum atomic E-state index is 12.5. The van der Waals surface area contributed by atoms with E-state index in [0.29, 0.717) is 83.2 Å². The number of aliphatic hydroxyl groups is 8. The summed E-state index contributed by atoms with van der Waals surface area (Å²) in [6.45, 7) is 2.12. The summed E-state index contributed by atoms with van der Waals surface area (Å²) in [5, 5.41) is 115. The van der Waals surface area contributed by atoms with E-state index in [0.717, 1.165) is 38.9 Å². The van der Waals surface area contributed by atoms with Gasteiger partial charge in [-0.15, -0.1) is 10.2 Å². The van der Waals surface area contributed by atoms with E-state index >= 15 is 0 Å². The molecule has 0 unspecified atom stereocenters. The Morgan fingerprint density at radius 1 is 0.380 bits per heavy atom. The summed E-state index contributed by atoms with van der Waals surface area (Å²) in [5.74, 6) is -0.691. The zero-order valence-corrected chi connectivity index (χ0v) is 66.4. The van der Waals surface area contributed by atoms with Crippen molar-refractivity contribution in [3.05, 3.63) is 200 Å². The Labute approximate surface area is 695 Å². The van der Waals surface area contributed by atoms with Gasteiger partial charge in [-0.2, -0.15) is 0 Å². The van der Waals surface area contributed by atoms with Crippen LogP contribution in [0.1, 0.15) is 11.4 Å². The smallest absolute Gasteiger partial charge is 0.246 e. The standard InChI is InChI=1S/C90H98N8O23/c99-46-75-83(103)85(105)87(107)89(120-75)118-51-77(101)91-42-67-44-97(95-93-67)53-115-39-35-111-31-29-109-33-37-113-48-55(49-114-38-34-110-30-32-112-36-40-116-54-98-45-68(94-96-98)43-92-78(102)52-119-90-88(108)86(106)84(104)76(47-100)121-90)50-117-74-41-66(56-7-9-57(10-8-56)69-24-19-64-17-15-60-3-1-5-62-21-27-72(69)81(64)79(60)62)23-26-71(74)59-13-11-58(12-14-59)70-25-20-65-18-16-61-4-2-6-63-22-28-73(70)82(65)80(61)63/h1-28,41,44-45,55,75-76,83-90,99-100,103-108H,29-40,42-43,46-54H2,(H,91,101)(H,92,102)/t75-,76-,83-,84-,85+,86+,87+,88+,89+,90+/m1/s1. The van der Waals surface area contributed by atoms with E-state index in [1.165, 1.54) is 79.6 Å². The molecule has 10 atom stereocenters. The van der Waals surface area contributed by atoms with E-state index in [4.69, 9.17) is 61.6 Å². The Kier molecular flexibility index (Phi) is 29.4. The minimum Gasteiger partial charge on any atom is -0.492 e. The molecule has 15 rings (SSSR count). The first-order valence-electron chi connectivity index (χ1n) is 40.3. The summed E-state index contributed by atoms with van der Waals surface area (Å²) in [6, 6.07) is 63.5. The summed E-state index contributed by atoms with van der Waals surface area (Å²) in [7, 11) is 0. The molecule has 4 heterocycles. The average molecular weight is 1660 g/mol. The molecule has 2 amide bonds. The maximum Gasteiger partial charge on any atom is 0.246 e. The Balaban J connectivity index is 0.545. The number of rotatable bonds is 45. The number of aromatic nitrogens is 6. The van der Waals surface area contributed by atoms with Crippen molar-refractivity contribution in [2.45, 2.75) is 88.0 Å². The summed E-state index contributed by atoms with van der Waals surface area (Å²) in [4.78, 5) is 24.9. The van der Waals surface area contributed by atoms with Gasteiger partial charge in [-0.1, -0.05) is 180 Å². The highest BCUT2D eigenvalue weighted by Crippen LogP contribution is 2.43. The van der Waals surface area contributed by atoms with Gasteiger partial charge < -0.3 is 113 Å². The maximum absolute atomic E-state index is 12.5. The fourth-order valence-electron chi connectivity index (χ4n) is 15.2. The molecule has 0 spiro atoms. The van der Waals surface area contributed by atoms with E-state index in [2.05, 4.69) is 207 Å². The SMILES string of the molecule is O=C(CO[C@H]1O[C@H](CO)[C@@H](O)[C@H](O)[C@@H]1O)NCc1cn(COCCOCCOCCOCC(COCCOCCOCCOCn2cc(CNC(=O)CO[C@H]3O[C@H](CO)[C@@H](O)[C@H](O)[C@@H]3O)nn2)COc2cc(-c3ccc(-c4ccc5ccc6cccc7ccc4c5c67)cc3)ccc2-c2ccc(-c3ccc4ccc5cccc6ccc3c4c56)cc2)nn1. The molecule has 31 nitrogen and oxygen atoms in total. The number of ether oxygens (including phenoxy) is 13. The second-order valence-corrected chi connectivity index (χ2v) is 29.7. The van der Waals surface area contributed by atoms with E-state index in [1.807, 2.05) is 0 Å². The Morgan fingerprint density at radius 3 is 1.16 bits per heavy atom. The first-order chi connectivity index (χ1) is 59.2. The van der Waals surface area contributed by atoms with E-state index < -0.39 is 99.7 Å². The van der Waals surface area contributed by atoms with Crippen LogP contribution in [0.3, 0.4) is 0 Å². The molecule has 2 aromatic heterocycles. The monoisotopic (exact) mass is 1660 g/mol. The summed E-state index contributed by atoms with van der Waals surface area (Å²) in [5.41, 5.74) is 9.33. The van der Waals surface area contributed by atoms with Crippen LogP contribution in [0.2, 0.25) is 0 Å². The van der Waals surface area contributed by atoms with Crippen molar-refractivity contribution in [1.29, 1.82) is 0 Å². The zero-order valence-electron chi connectivity index (χ0n) is 66.4. The van der Waals surface area contributed by atoms with Crippen LogP contribution >= 0.6 is 0 Å². The van der Waals surface area contributed by atoms with Gasteiger partial charge in [0.2, 0.25) is 11.8 Å². The van der Waals surface area contributed by atoms with Crippen LogP contribution in [0.4, 0.5) is 0 Å². The third-order valence-electron chi connectivity index (χ3n) is 21.5. The Bertz CT molecular complexity index is 5350. The lowest BCUT2D eigenvalue weighted by atomic mass is 9.89. The molecule has 0 aliphatic carbocycles. The average Bonchev–Trinajstić information content (AvgIpc) is 1.28. The highest BCUT2D eigenvalue weighted by atomic mass is 16.7. The van der Waals surface area contributed by atoms with Crippen molar-refractivity contribution in [2.24, 2.45) is 5.92 Å². The normalized spacial score (nSPS) is 19.6. The summed E-state index contributed by atoms with van der Waals surface area (Å²) >= 11 is 0. The lowest BCUT2D eigenvalue weighted by Crippen LogP contribution is -2.59. The van der Waals surface area contributed by atoms with Gasteiger partial charge in [0.1, 0.15) is 92.6 Å². The molecule has 636 valence electrons. The molecule has 2 fully saturated rings. The molecule has 13 aromatic rings. The van der Waals surface area contributed by atoms with Gasteiger partial charge in [0.15, 0.2) is 12.6 Å². The van der Waals surface area contributed by atoms with Gasteiger partial charge in [-0.3, -0.25) is 9.59 Å². The van der Waals surface area contributed by atoms with Gasteiger partial charge in [0.25, 0.3) is 0 Å². The second-order valence-electron chi connectivity index (χ2n) is 29.7. The largest absolute Gasteiger partial charge is 0.492 e. The second kappa shape index (κ2) is 41.5. The molecule has 2 aliphatic rings. The fourth-order valence-corrected chi connectivity index (χ4v) is 15.2. The van der Waals surface area contributed by atoms with Crippen LogP contribution in [-0.4, -0.2) is 270 Å². The molecule has 11 aromatic carbocycles. The lowest BCUT2D eigenvalue weighted by molar-refractivity contribution is -0.299. The number of amides is 2. The number of nitrogens with one attached hydrogen (secondary N) is 2. The number of carbonyl (C=O) groups excluding carboxylic acids is 2. The van der Waals surface area contributed by atoms with Crippen molar-refractivity contribution in [2.75, 3.05) is 126 Å². The van der Waals surface area contributed by atoms with Crippen LogP contribution in [0.15, 0.2) is 188 Å². The highest BCUT2D eigenvalue weighted by Gasteiger charge is 2.45. The highest BCUT2D eigenvalue weighted by molar-refractivity contribution is 6.26. The predicted octanol–water partition coefficient (Wildman–Crippen LogP) is 6.64. The first-order valence-corrected chi connectivity index (χ1v) is 40.3. The number of hydrogen-bond donors (Lipinski definition) is 10. The van der Waals surface area contributed by atoms with Gasteiger partial charge in [0, 0.05) is 11.5 Å². The van der Waals surface area contributed by atoms with Crippen LogP contribution in [-0.2, 0) is 93.0 Å². The molecular weight excluding hydrogens is 1560 g/mol. The number of aliphatic hydroxyl groups excluding tert-OH is 8. The molecule has 2 saturated heterocycles. The van der Waals surface area contributed by atoms with Crippen LogP contribution in [0.5, 0.6) is 5.75 Å². The number of benzene rings is 11. The van der Waals surface area contributed by atoms with Gasteiger partial charge >= 0.3 is 0 Å². The van der Waals surface area contributed by atoms with Crippen LogP contribution in [0, 0.1) is 5.92 Å². The van der Waals surface area contributed by atoms with Gasteiger partial charge in [-0.25, -0.2) is 9.36 Å². The van der Waals surface area contributed by atoms with Gasteiger partial charge in [0.05, 0.1) is 138 Å². The fraction of sp³-hybridized carbons (Fsp3) is 0.378. The molecule has 31 heteroatoms. The minimum atomic E-state index is -1.64. The van der Waals surface area contributed by atoms with Gasteiger partial charge in [-0.05, 0) is 110 Å². The molecule has 0 radical (unpaired) electrons. The Hall–Kier alpha value is -10.3. The molecule has 0 bridgehead atoms. The van der Waals surface area contributed by atoms with Crippen LogP contribution in [0.25, 0.3) is 109 Å². The van der Waals surface area contributed by atoms with E-state index in [9.17, 15) is 50.4 Å². The molecule has 10 N–H and O–H groups in total. The van der Waals surface area contributed by atoms with Crippen molar-refractivity contribution >= 4 is 76.4 Å². The van der Waals surface area contributed by atoms with E-state index in [-0.39, 0.29) is 65.5 Å². The zero-order chi connectivity index (χ0) is 83.6.